The highest BCUT2D eigenvalue weighted by Gasteiger charge is 2.32. The van der Waals surface area contributed by atoms with Crippen molar-refractivity contribution in [2.24, 2.45) is 0 Å². The van der Waals surface area contributed by atoms with Crippen LogP contribution in [-0.2, 0) is 11.0 Å². The largest absolute Gasteiger partial charge is 0.416 e. The van der Waals surface area contributed by atoms with Crippen molar-refractivity contribution >= 4 is 23.2 Å². The number of imide groups is 1. The Morgan fingerprint density at radius 3 is 2.28 bits per heavy atom. The Morgan fingerprint density at radius 1 is 0.897 bits per heavy atom. The topological polar surface area (TPSA) is 49.4 Å². The Balaban J connectivity index is 1.76. The van der Waals surface area contributed by atoms with Gasteiger partial charge in [0.25, 0.3) is 11.8 Å². The third-order valence-electron chi connectivity index (χ3n) is 4.71. The molecule has 1 aliphatic rings. The summed E-state index contributed by atoms with van der Waals surface area (Å²) in [4.78, 5) is 26.9. The van der Waals surface area contributed by atoms with Crippen molar-refractivity contribution in [1.29, 1.82) is 0 Å². The average molecular weight is 396 g/mol. The molecule has 4 rings (SSSR count). The van der Waals surface area contributed by atoms with E-state index in [4.69, 9.17) is 0 Å². The van der Waals surface area contributed by atoms with Crippen LogP contribution >= 0.6 is 0 Å². The molecule has 4 nitrogen and oxygen atoms in total. The molecule has 0 atom stereocenters. The molecule has 2 amide bonds. The molecule has 0 fully saturated rings. The van der Waals surface area contributed by atoms with Gasteiger partial charge in [-0.15, -0.1) is 0 Å². The molecule has 0 saturated carbocycles. The normalized spacial score (nSPS) is 13.6. The SMILES string of the molecule is O=C1CNc2ccccc2N1C(=O)c1ccccc1-c1ccc(C(F)(F)F)cc1. The van der Waals surface area contributed by atoms with Crippen molar-refractivity contribution in [3.05, 3.63) is 83.9 Å². The molecule has 29 heavy (non-hydrogen) atoms. The van der Waals surface area contributed by atoms with Gasteiger partial charge in [0.05, 0.1) is 23.5 Å². The molecule has 7 heteroatoms. The van der Waals surface area contributed by atoms with Gasteiger partial charge in [0, 0.05) is 5.56 Å². The summed E-state index contributed by atoms with van der Waals surface area (Å²) in [5.41, 5.74) is 1.48. The highest BCUT2D eigenvalue weighted by Crippen LogP contribution is 2.34. The fourth-order valence-electron chi connectivity index (χ4n) is 3.31. The first-order valence-electron chi connectivity index (χ1n) is 8.83. The molecule has 0 unspecified atom stereocenters. The van der Waals surface area contributed by atoms with Crippen LogP contribution in [0.2, 0.25) is 0 Å². The van der Waals surface area contributed by atoms with Crippen molar-refractivity contribution in [3.8, 4) is 11.1 Å². The lowest BCUT2D eigenvalue weighted by Gasteiger charge is -2.29. The number of amides is 2. The third kappa shape index (κ3) is 3.47. The zero-order chi connectivity index (χ0) is 20.6. The van der Waals surface area contributed by atoms with Crippen LogP contribution in [0, 0.1) is 0 Å². The fourth-order valence-corrected chi connectivity index (χ4v) is 3.31. The number of hydrogen-bond donors (Lipinski definition) is 1. The van der Waals surface area contributed by atoms with E-state index in [2.05, 4.69) is 5.32 Å². The van der Waals surface area contributed by atoms with Crippen LogP contribution in [0.15, 0.2) is 72.8 Å². The van der Waals surface area contributed by atoms with Crippen LogP contribution in [0.1, 0.15) is 15.9 Å². The van der Waals surface area contributed by atoms with E-state index in [1.165, 1.54) is 12.1 Å². The number of alkyl halides is 3. The molecule has 0 aliphatic carbocycles. The van der Waals surface area contributed by atoms with Crippen LogP contribution in [0.5, 0.6) is 0 Å². The standard InChI is InChI=1S/C22H15F3N2O2/c23-22(24,25)15-11-9-14(10-12-15)16-5-1-2-6-17(16)21(29)27-19-8-4-3-7-18(19)26-13-20(27)28/h1-12,26H,13H2. The van der Waals surface area contributed by atoms with Gasteiger partial charge in [-0.2, -0.15) is 13.2 Å². The molecule has 0 saturated heterocycles. The number of halogens is 3. The lowest BCUT2D eigenvalue weighted by atomic mass is 9.97. The van der Waals surface area contributed by atoms with E-state index in [1.54, 1.807) is 48.5 Å². The molecule has 1 heterocycles. The van der Waals surface area contributed by atoms with Gasteiger partial charge in [-0.25, -0.2) is 4.90 Å². The number of hydrogen-bond acceptors (Lipinski definition) is 3. The third-order valence-corrected chi connectivity index (χ3v) is 4.71. The van der Waals surface area contributed by atoms with Crippen LogP contribution < -0.4 is 10.2 Å². The van der Waals surface area contributed by atoms with Crippen molar-refractivity contribution in [3.63, 3.8) is 0 Å². The monoisotopic (exact) mass is 396 g/mol. The number of benzene rings is 3. The van der Waals surface area contributed by atoms with E-state index in [1.807, 2.05) is 0 Å². The summed E-state index contributed by atoms with van der Waals surface area (Å²) < 4.78 is 38.6. The minimum atomic E-state index is -4.44. The average Bonchev–Trinajstić information content (AvgIpc) is 2.73. The molecule has 146 valence electrons. The van der Waals surface area contributed by atoms with Crippen LogP contribution in [0.3, 0.4) is 0 Å². The van der Waals surface area contributed by atoms with Crippen LogP contribution in [0.4, 0.5) is 24.5 Å². The minimum absolute atomic E-state index is 0.0226. The molecule has 3 aromatic carbocycles. The predicted molar refractivity (Wildman–Crippen MR) is 104 cm³/mol. The Labute approximate surface area is 164 Å². The van der Waals surface area contributed by atoms with Gasteiger partial charge in [-0.3, -0.25) is 9.59 Å². The smallest absolute Gasteiger partial charge is 0.374 e. The molecule has 0 bridgehead atoms. The number of carbonyl (C=O) groups excluding carboxylic acids is 2. The first-order chi connectivity index (χ1) is 13.9. The van der Waals surface area contributed by atoms with E-state index in [0.29, 0.717) is 22.5 Å². The van der Waals surface area contributed by atoms with E-state index in [0.717, 1.165) is 17.0 Å². The first kappa shape index (κ1) is 18.7. The van der Waals surface area contributed by atoms with E-state index >= 15 is 0 Å². The quantitative estimate of drug-likeness (QED) is 0.622. The highest BCUT2D eigenvalue weighted by atomic mass is 19.4. The van der Waals surface area contributed by atoms with Gasteiger partial charge >= 0.3 is 6.18 Å². The molecular weight excluding hydrogens is 381 g/mol. The summed E-state index contributed by atoms with van der Waals surface area (Å²) in [6.45, 7) is -0.0226. The van der Waals surface area contributed by atoms with Gasteiger partial charge in [0.1, 0.15) is 0 Å². The molecule has 0 radical (unpaired) electrons. The summed E-state index contributed by atoms with van der Waals surface area (Å²) in [6, 6.07) is 18.1. The van der Waals surface area contributed by atoms with Crippen LogP contribution in [-0.4, -0.2) is 18.4 Å². The zero-order valence-corrected chi connectivity index (χ0v) is 15.0. The van der Waals surface area contributed by atoms with Gasteiger partial charge in [0.15, 0.2) is 0 Å². The number of fused-ring (bicyclic) bond motifs is 1. The Bertz CT molecular complexity index is 1090. The molecule has 1 aliphatic heterocycles. The second kappa shape index (κ2) is 7.09. The Hall–Kier alpha value is -3.61. The fraction of sp³-hybridized carbons (Fsp3) is 0.0909. The number of nitrogens with zero attached hydrogens (tertiary/aromatic N) is 1. The van der Waals surface area contributed by atoms with Gasteiger partial charge in [0.2, 0.25) is 0 Å². The molecular formula is C22H15F3N2O2. The second-order valence-electron chi connectivity index (χ2n) is 6.53. The summed E-state index contributed by atoms with van der Waals surface area (Å²) in [5, 5.41) is 2.97. The van der Waals surface area contributed by atoms with Crippen molar-refractivity contribution in [1.82, 2.24) is 0 Å². The number of para-hydroxylation sites is 2. The maximum absolute atomic E-state index is 13.3. The van der Waals surface area contributed by atoms with Crippen molar-refractivity contribution in [2.45, 2.75) is 6.18 Å². The van der Waals surface area contributed by atoms with Gasteiger partial charge in [-0.05, 0) is 41.5 Å². The van der Waals surface area contributed by atoms with Crippen molar-refractivity contribution < 1.29 is 22.8 Å². The Kier molecular flexibility index (Phi) is 4.58. The lowest BCUT2D eigenvalue weighted by Crippen LogP contribution is -2.44. The lowest BCUT2D eigenvalue weighted by molar-refractivity contribution is -0.137. The van der Waals surface area contributed by atoms with E-state index in [-0.39, 0.29) is 12.1 Å². The number of anilines is 2. The minimum Gasteiger partial charge on any atom is -0.374 e. The number of carbonyl (C=O) groups is 2. The Morgan fingerprint density at radius 2 is 1.55 bits per heavy atom. The predicted octanol–water partition coefficient (Wildman–Crippen LogP) is 4.97. The molecule has 3 aromatic rings. The summed E-state index contributed by atoms with van der Waals surface area (Å²) in [5.74, 6) is -0.935. The zero-order valence-electron chi connectivity index (χ0n) is 15.0. The summed E-state index contributed by atoms with van der Waals surface area (Å²) in [7, 11) is 0. The molecule has 0 aromatic heterocycles. The second-order valence-corrected chi connectivity index (χ2v) is 6.53. The van der Waals surface area contributed by atoms with E-state index in [9.17, 15) is 22.8 Å². The maximum Gasteiger partial charge on any atom is 0.416 e. The highest BCUT2D eigenvalue weighted by molar-refractivity contribution is 6.26. The molecule has 1 N–H and O–H groups in total. The first-order valence-corrected chi connectivity index (χ1v) is 8.83. The number of nitrogens with one attached hydrogen (secondary N) is 1. The van der Waals surface area contributed by atoms with Gasteiger partial charge < -0.3 is 5.32 Å². The van der Waals surface area contributed by atoms with Gasteiger partial charge in [-0.1, -0.05) is 42.5 Å². The van der Waals surface area contributed by atoms with Crippen molar-refractivity contribution in [2.75, 3.05) is 16.8 Å². The number of rotatable bonds is 2. The molecule has 0 spiro atoms. The van der Waals surface area contributed by atoms with Crippen LogP contribution in [0.25, 0.3) is 11.1 Å². The summed E-state index contributed by atoms with van der Waals surface area (Å²) in [6.07, 6.45) is -4.44. The summed E-state index contributed by atoms with van der Waals surface area (Å²) >= 11 is 0. The maximum atomic E-state index is 13.3. The van der Waals surface area contributed by atoms with E-state index < -0.39 is 23.6 Å².